The highest BCUT2D eigenvalue weighted by Crippen LogP contribution is 2.22. The molecule has 0 amide bonds. The molecule has 0 saturated carbocycles. The minimum atomic E-state index is 0.791. The average molecular weight is 244 g/mol. The number of likely N-dealkylation sites (tertiary alicyclic amines) is 1. The molecule has 0 atom stereocenters. The summed E-state index contributed by atoms with van der Waals surface area (Å²) in [5, 5.41) is 11.9. The van der Waals surface area contributed by atoms with Crippen LogP contribution in [0.3, 0.4) is 0 Å². The first kappa shape index (κ1) is 11.5. The predicted molar refractivity (Wildman–Crippen MR) is 74.8 cm³/mol. The normalized spacial score (nSPS) is 18.3. The average Bonchev–Trinajstić information content (AvgIpc) is 2.87. The summed E-state index contributed by atoms with van der Waals surface area (Å²) in [5.41, 5.74) is 2.29. The van der Waals surface area contributed by atoms with E-state index in [-0.39, 0.29) is 0 Å². The van der Waals surface area contributed by atoms with E-state index < -0.39 is 0 Å². The second-order valence-electron chi connectivity index (χ2n) is 5.27. The first-order valence-electron chi connectivity index (χ1n) is 6.67. The van der Waals surface area contributed by atoms with Crippen molar-refractivity contribution in [1.82, 2.24) is 15.1 Å². The van der Waals surface area contributed by atoms with Gasteiger partial charge in [0.2, 0.25) is 0 Å². The highest BCUT2D eigenvalue weighted by molar-refractivity contribution is 5.89. The van der Waals surface area contributed by atoms with Gasteiger partial charge in [-0.1, -0.05) is 12.1 Å². The quantitative estimate of drug-likeness (QED) is 0.871. The Hall–Kier alpha value is -1.55. The van der Waals surface area contributed by atoms with Crippen LogP contribution in [0.15, 0.2) is 24.4 Å². The number of benzene rings is 1. The maximum Gasteiger partial charge on any atom is 0.0881 e. The fourth-order valence-corrected chi connectivity index (χ4v) is 2.64. The van der Waals surface area contributed by atoms with Gasteiger partial charge in [0.15, 0.2) is 0 Å². The lowest BCUT2D eigenvalue weighted by Crippen LogP contribution is -2.32. The van der Waals surface area contributed by atoms with Gasteiger partial charge in [-0.25, -0.2) is 0 Å². The number of nitrogens with zero attached hydrogens (tertiary/aromatic N) is 2. The molecular formula is C14H20N4. The van der Waals surface area contributed by atoms with Gasteiger partial charge in [0, 0.05) is 11.9 Å². The van der Waals surface area contributed by atoms with Crippen LogP contribution in [0.25, 0.3) is 10.9 Å². The van der Waals surface area contributed by atoms with Gasteiger partial charge in [0.25, 0.3) is 0 Å². The van der Waals surface area contributed by atoms with Gasteiger partial charge >= 0.3 is 0 Å². The largest absolute Gasteiger partial charge is 0.383 e. The summed E-state index contributed by atoms with van der Waals surface area (Å²) in [6, 6.07) is 6.28. The fourth-order valence-electron chi connectivity index (χ4n) is 2.64. The van der Waals surface area contributed by atoms with Crippen molar-refractivity contribution in [2.75, 3.05) is 32.0 Å². The Bertz CT molecular complexity index is 511. The Labute approximate surface area is 107 Å². The summed E-state index contributed by atoms with van der Waals surface area (Å²) in [5.74, 6) is 0.791. The lowest BCUT2D eigenvalue weighted by atomic mass is 9.97. The molecule has 0 aliphatic carbocycles. The van der Waals surface area contributed by atoms with E-state index in [4.69, 9.17) is 0 Å². The maximum absolute atomic E-state index is 4.09. The molecule has 4 nitrogen and oxygen atoms in total. The summed E-state index contributed by atoms with van der Waals surface area (Å²) in [4.78, 5) is 2.41. The van der Waals surface area contributed by atoms with E-state index in [2.05, 4.69) is 45.7 Å². The highest BCUT2D eigenvalue weighted by Gasteiger charge is 2.16. The van der Waals surface area contributed by atoms with Crippen LogP contribution in [0.2, 0.25) is 0 Å². The molecule has 1 aliphatic rings. The van der Waals surface area contributed by atoms with Crippen molar-refractivity contribution in [3.8, 4) is 0 Å². The second-order valence-corrected chi connectivity index (χ2v) is 5.27. The SMILES string of the molecule is CN1CCC(CNc2cccc3cn[nH]c23)CC1. The standard InChI is InChI=1S/C14H20N4/c1-18-7-5-11(6-8-18)9-15-13-4-2-3-12-10-16-17-14(12)13/h2-4,10-11,15H,5-9H2,1H3,(H,16,17). The van der Waals surface area contributed by atoms with E-state index in [0.717, 1.165) is 18.0 Å². The molecule has 4 heteroatoms. The lowest BCUT2D eigenvalue weighted by molar-refractivity contribution is 0.226. The second kappa shape index (κ2) is 4.98. The number of anilines is 1. The molecule has 2 heterocycles. The smallest absolute Gasteiger partial charge is 0.0881 e. The molecule has 1 aliphatic heterocycles. The van der Waals surface area contributed by atoms with Gasteiger partial charge in [-0.2, -0.15) is 5.10 Å². The van der Waals surface area contributed by atoms with E-state index in [1.54, 1.807) is 0 Å². The van der Waals surface area contributed by atoms with Gasteiger partial charge in [0.05, 0.1) is 17.4 Å². The van der Waals surface area contributed by atoms with Gasteiger partial charge in [-0.3, -0.25) is 5.10 Å². The van der Waals surface area contributed by atoms with Crippen molar-refractivity contribution in [3.05, 3.63) is 24.4 Å². The van der Waals surface area contributed by atoms with Crippen LogP contribution < -0.4 is 5.32 Å². The third-order valence-corrected chi connectivity index (χ3v) is 3.90. The van der Waals surface area contributed by atoms with Crippen molar-refractivity contribution in [2.24, 2.45) is 5.92 Å². The lowest BCUT2D eigenvalue weighted by Gasteiger charge is -2.29. The Morgan fingerprint density at radius 3 is 3.06 bits per heavy atom. The Kier molecular flexibility index (Phi) is 3.19. The van der Waals surface area contributed by atoms with Crippen LogP contribution in [-0.4, -0.2) is 41.8 Å². The van der Waals surface area contributed by atoms with Crippen molar-refractivity contribution >= 4 is 16.6 Å². The molecule has 0 radical (unpaired) electrons. The van der Waals surface area contributed by atoms with Crippen LogP contribution >= 0.6 is 0 Å². The number of hydrogen-bond donors (Lipinski definition) is 2. The van der Waals surface area contributed by atoms with Crippen molar-refractivity contribution < 1.29 is 0 Å². The first-order valence-corrected chi connectivity index (χ1v) is 6.67. The molecule has 96 valence electrons. The van der Waals surface area contributed by atoms with Crippen LogP contribution in [-0.2, 0) is 0 Å². The molecule has 1 fully saturated rings. The maximum atomic E-state index is 4.09. The van der Waals surface area contributed by atoms with E-state index in [9.17, 15) is 0 Å². The van der Waals surface area contributed by atoms with Gasteiger partial charge in [-0.15, -0.1) is 0 Å². The Balaban J connectivity index is 1.64. The third-order valence-electron chi connectivity index (χ3n) is 3.90. The van der Waals surface area contributed by atoms with Crippen molar-refractivity contribution in [2.45, 2.75) is 12.8 Å². The number of aromatic amines is 1. The minimum absolute atomic E-state index is 0.791. The van der Waals surface area contributed by atoms with Crippen LogP contribution in [0, 0.1) is 5.92 Å². The monoisotopic (exact) mass is 244 g/mol. The minimum Gasteiger partial charge on any atom is -0.383 e. The third kappa shape index (κ3) is 2.34. The van der Waals surface area contributed by atoms with Gasteiger partial charge < -0.3 is 10.2 Å². The van der Waals surface area contributed by atoms with E-state index >= 15 is 0 Å². The van der Waals surface area contributed by atoms with Gasteiger partial charge in [-0.05, 0) is 45.0 Å². The zero-order valence-electron chi connectivity index (χ0n) is 10.8. The fraction of sp³-hybridized carbons (Fsp3) is 0.500. The number of H-pyrrole nitrogens is 1. The highest BCUT2D eigenvalue weighted by atomic mass is 15.1. The molecule has 1 saturated heterocycles. The zero-order chi connectivity index (χ0) is 12.4. The zero-order valence-corrected chi connectivity index (χ0v) is 10.8. The Morgan fingerprint density at radius 1 is 1.39 bits per heavy atom. The molecule has 2 aromatic rings. The summed E-state index contributed by atoms with van der Waals surface area (Å²) in [7, 11) is 2.20. The van der Waals surface area contributed by atoms with Crippen LogP contribution in [0.1, 0.15) is 12.8 Å². The van der Waals surface area contributed by atoms with Crippen LogP contribution in [0.5, 0.6) is 0 Å². The van der Waals surface area contributed by atoms with E-state index in [0.29, 0.717) is 0 Å². The number of fused-ring (bicyclic) bond motifs is 1. The van der Waals surface area contributed by atoms with Crippen LogP contribution in [0.4, 0.5) is 5.69 Å². The van der Waals surface area contributed by atoms with Crippen molar-refractivity contribution in [1.29, 1.82) is 0 Å². The number of piperidine rings is 1. The molecule has 3 rings (SSSR count). The number of para-hydroxylation sites is 1. The predicted octanol–water partition coefficient (Wildman–Crippen LogP) is 2.32. The molecule has 0 spiro atoms. The molecule has 1 aromatic heterocycles. The van der Waals surface area contributed by atoms with Gasteiger partial charge in [0.1, 0.15) is 0 Å². The van der Waals surface area contributed by atoms with E-state index in [1.807, 2.05) is 6.20 Å². The van der Waals surface area contributed by atoms with E-state index in [1.165, 1.54) is 37.0 Å². The Morgan fingerprint density at radius 2 is 2.22 bits per heavy atom. The molecule has 2 N–H and O–H groups in total. The number of nitrogens with one attached hydrogen (secondary N) is 2. The number of hydrogen-bond acceptors (Lipinski definition) is 3. The molecule has 18 heavy (non-hydrogen) atoms. The number of rotatable bonds is 3. The van der Waals surface area contributed by atoms with Crippen molar-refractivity contribution in [3.63, 3.8) is 0 Å². The molecule has 0 bridgehead atoms. The summed E-state index contributed by atoms with van der Waals surface area (Å²) in [6.07, 6.45) is 4.46. The summed E-state index contributed by atoms with van der Waals surface area (Å²) in [6.45, 7) is 3.51. The topological polar surface area (TPSA) is 44.0 Å². The summed E-state index contributed by atoms with van der Waals surface area (Å²) >= 11 is 0. The molecular weight excluding hydrogens is 224 g/mol. The molecule has 0 unspecified atom stereocenters. The summed E-state index contributed by atoms with van der Waals surface area (Å²) < 4.78 is 0. The number of aromatic nitrogens is 2. The first-order chi connectivity index (χ1) is 8.83. The molecule has 1 aromatic carbocycles.